The summed E-state index contributed by atoms with van der Waals surface area (Å²) >= 11 is 0. The molecule has 0 unspecified atom stereocenters. The van der Waals surface area contributed by atoms with Gasteiger partial charge in [-0.2, -0.15) is 0 Å². The molecule has 154 valence electrons. The van der Waals surface area contributed by atoms with Gasteiger partial charge in [0.1, 0.15) is 24.3 Å². The first-order valence-corrected chi connectivity index (χ1v) is 9.26. The largest absolute Gasteiger partial charge is 0.497 e. The number of aliphatic hydroxyl groups excluding tert-OH is 2. The number of benzene rings is 2. The number of hydrogen-bond acceptors (Lipinski definition) is 6. The van der Waals surface area contributed by atoms with E-state index in [0.29, 0.717) is 34.8 Å². The van der Waals surface area contributed by atoms with Crippen molar-refractivity contribution in [1.29, 1.82) is 0 Å². The Labute approximate surface area is 169 Å². The van der Waals surface area contributed by atoms with Crippen molar-refractivity contribution < 1.29 is 24.1 Å². The zero-order chi connectivity index (χ0) is 21.0. The average Bonchev–Trinajstić information content (AvgIpc) is 2.70. The molecule has 0 saturated heterocycles. The second-order valence-corrected chi connectivity index (χ2v) is 7.05. The molecular weight excluding hydrogens is 375 g/mol. The molecule has 0 radical (unpaired) electrons. The Morgan fingerprint density at radius 1 is 1.14 bits per heavy atom. The molecule has 0 aliphatic carbocycles. The van der Waals surface area contributed by atoms with Gasteiger partial charge in [-0.1, -0.05) is 12.1 Å². The summed E-state index contributed by atoms with van der Waals surface area (Å²) in [5, 5.41) is 20.3. The molecule has 2 N–H and O–H groups in total. The molecule has 29 heavy (non-hydrogen) atoms. The van der Waals surface area contributed by atoms with Gasteiger partial charge >= 0.3 is 0 Å². The molecule has 2 aromatic carbocycles. The number of nitrogens with zero attached hydrogens (tertiary/aromatic N) is 2. The van der Waals surface area contributed by atoms with Crippen molar-refractivity contribution in [2.24, 2.45) is 0 Å². The Bertz CT molecular complexity index is 994. The van der Waals surface area contributed by atoms with E-state index in [-0.39, 0.29) is 12.4 Å². The topological polar surface area (TPSA) is 75.0 Å². The number of fused-ring (bicyclic) bond motifs is 1. The normalized spacial score (nSPS) is 12.4. The summed E-state index contributed by atoms with van der Waals surface area (Å²) in [5.41, 5.74) is 2.20. The van der Waals surface area contributed by atoms with Gasteiger partial charge in [-0.3, -0.25) is 0 Å². The minimum absolute atomic E-state index is 0.0919. The third-order valence-electron chi connectivity index (χ3n) is 4.45. The van der Waals surface area contributed by atoms with E-state index in [9.17, 15) is 9.50 Å². The van der Waals surface area contributed by atoms with Crippen LogP contribution in [0.25, 0.3) is 21.9 Å². The Morgan fingerprint density at radius 3 is 2.59 bits per heavy atom. The second kappa shape index (κ2) is 9.17. The van der Waals surface area contributed by atoms with Gasteiger partial charge in [0.25, 0.3) is 0 Å². The van der Waals surface area contributed by atoms with Gasteiger partial charge < -0.3 is 24.6 Å². The van der Waals surface area contributed by atoms with Gasteiger partial charge in [-0.05, 0) is 50.0 Å². The Balaban J connectivity index is 2.27. The van der Waals surface area contributed by atoms with E-state index in [1.165, 1.54) is 12.1 Å². The van der Waals surface area contributed by atoms with E-state index in [1.807, 2.05) is 37.2 Å². The van der Waals surface area contributed by atoms with Gasteiger partial charge in [-0.15, -0.1) is 0 Å². The number of rotatable bonds is 8. The maximum absolute atomic E-state index is 14.0. The van der Waals surface area contributed by atoms with Crippen molar-refractivity contribution in [3.8, 4) is 22.8 Å². The highest BCUT2D eigenvalue weighted by Gasteiger charge is 2.19. The molecule has 0 aliphatic heterocycles. The highest BCUT2D eigenvalue weighted by atomic mass is 19.1. The number of hydrogen-bond donors (Lipinski definition) is 2. The molecule has 3 aromatic rings. The quantitative estimate of drug-likeness (QED) is 0.606. The number of aromatic nitrogens is 1. The van der Waals surface area contributed by atoms with Crippen LogP contribution >= 0.6 is 0 Å². The summed E-state index contributed by atoms with van der Waals surface area (Å²) in [7, 11) is 5.42. The summed E-state index contributed by atoms with van der Waals surface area (Å²) < 4.78 is 25.1. The first-order chi connectivity index (χ1) is 13.9. The van der Waals surface area contributed by atoms with Crippen LogP contribution in [0.4, 0.5) is 4.39 Å². The zero-order valence-electron chi connectivity index (χ0n) is 16.7. The van der Waals surface area contributed by atoms with Crippen molar-refractivity contribution >= 4 is 10.8 Å². The monoisotopic (exact) mass is 400 g/mol. The van der Waals surface area contributed by atoms with Crippen molar-refractivity contribution in [2.45, 2.75) is 12.6 Å². The Morgan fingerprint density at radius 2 is 1.93 bits per heavy atom. The molecule has 1 aromatic heterocycles. The minimum atomic E-state index is -1.01. The first-order valence-electron chi connectivity index (χ1n) is 9.26. The van der Waals surface area contributed by atoms with Crippen molar-refractivity contribution in [1.82, 2.24) is 9.88 Å². The summed E-state index contributed by atoms with van der Waals surface area (Å²) in [6.45, 7) is 0.000934. The van der Waals surface area contributed by atoms with Gasteiger partial charge in [0, 0.05) is 22.9 Å². The Hall–Kier alpha value is -2.74. The van der Waals surface area contributed by atoms with Gasteiger partial charge in [0.15, 0.2) is 0 Å². The van der Waals surface area contributed by atoms with Crippen LogP contribution < -0.4 is 9.47 Å². The molecule has 3 rings (SSSR count). The fourth-order valence-corrected chi connectivity index (χ4v) is 3.16. The van der Waals surface area contributed by atoms with Crippen molar-refractivity contribution in [3.05, 3.63) is 54.0 Å². The molecule has 0 amide bonds. The molecule has 0 aliphatic rings. The standard InChI is InChI=1S/C22H25FN2O4/c1-25(2)11-20-21(14-5-4-6-15(23)9-14)19-10-17(28-3)7-8-18(19)22(24-20)29-13-16(27)12-26/h4-10,16,26-27H,11-13H2,1-3H3/t16-/m0/s1. The van der Waals surface area contributed by atoms with E-state index in [4.69, 9.17) is 14.6 Å². The van der Waals surface area contributed by atoms with Crippen molar-refractivity contribution in [2.75, 3.05) is 34.4 Å². The van der Waals surface area contributed by atoms with Crippen LogP contribution in [0.2, 0.25) is 0 Å². The minimum Gasteiger partial charge on any atom is -0.497 e. The lowest BCUT2D eigenvalue weighted by atomic mass is 9.96. The molecule has 7 heteroatoms. The molecule has 0 spiro atoms. The molecule has 6 nitrogen and oxygen atoms in total. The summed E-state index contributed by atoms with van der Waals surface area (Å²) in [6, 6.07) is 11.9. The molecule has 0 bridgehead atoms. The van der Waals surface area contributed by atoms with Crippen LogP contribution in [-0.2, 0) is 6.54 Å². The van der Waals surface area contributed by atoms with Crippen LogP contribution in [0, 0.1) is 5.82 Å². The van der Waals surface area contributed by atoms with Gasteiger partial charge in [0.05, 0.1) is 19.4 Å². The van der Waals surface area contributed by atoms with Crippen LogP contribution in [-0.4, -0.2) is 60.6 Å². The Kier molecular flexibility index (Phi) is 6.64. The highest BCUT2D eigenvalue weighted by molar-refractivity contribution is 6.01. The summed E-state index contributed by atoms with van der Waals surface area (Å²) in [5.74, 6) is 0.659. The van der Waals surface area contributed by atoms with Crippen LogP contribution in [0.15, 0.2) is 42.5 Å². The number of halogens is 1. The third-order valence-corrected chi connectivity index (χ3v) is 4.45. The van der Waals surface area contributed by atoms with Crippen molar-refractivity contribution in [3.63, 3.8) is 0 Å². The lowest BCUT2D eigenvalue weighted by molar-refractivity contribution is 0.0526. The van der Waals surface area contributed by atoms with E-state index < -0.39 is 12.7 Å². The lowest BCUT2D eigenvalue weighted by Crippen LogP contribution is -2.22. The van der Waals surface area contributed by atoms with E-state index >= 15 is 0 Å². The zero-order valence-corrected chi connectivity index (χ0v) is 16.7. The predicted molar refractivity (Wildman–Crippen MR) is 110 cm³/mol. The fraction of sp³-hybridized carbons (Fsp3) is 0.318. The lowest BCUT2D eigenvalue weighted by Gasteiger charge is -2.20. The van der Waals surface area contributed by atoms with Gasteiger partial charge in [-0.25, -0.2) is 9.37 Å². The molecular formula is C22H25FN2O4. The number of pyridine rings is 1. The van der Waals surface area contributed by atoms with E-state index in [1.54, 1.807) is 19.2 Å². The maximum Gasteiger partial charge on any atom is 0.221 e. The molecule has 0 fully saturated rings. The number of ether oxygens (including phenoxy) is 2. The third kappa shape index (κ3) is 4.82. The SMILES string of the molecule is COc1ccc2c(OC[C@@H](O)CO)nc(CN(C)C)c(-c3cccc(F)c3)c2c1. The van der Waals surface area contributed by atoms with Gasteiger partial charge in [0.2, 0.25) is 5.88 Å². The molecule has 1 heterocycles. The second-order valence-electron chi connectivity index (χ2n) is 7.05. The summed E-state index contributed by atoms with van der Waals surface area (Å²) in [4.78, 5) is 6.65. The smallest absolute Gasteiger partial charge is 0.221 e. The average molecular weight is 400 g/mol. The summed E-state index contributed by atoms with van der Waals surface area (Å²) in [6.07, 6.45) is -1.01. The number of aliphatic hydroxyl groups is 2. The number of methoxy groups -OCH3 is 1. The first kappa shape index (κ1) is 21.0. The predicted octanol–water partition coefficient (Wildman–Crippen LogP) is 2.84. The van der Waals surface area contributed by atoms with Crippen LogP contribution in [0.5, 0.6) is 11.6 Å². The van der Waals surface area contributed by atoms with Crippen LogP contribution in [0.3, 0.4) is 0 Å². The molecule has 0 saturated carbocycles. The highest BCUT2D eigenvalue weighted by Crippen LogP contribution is 2.38. The van der Waals surface area contributed by atoms with Crippen LogP contribution in [0.1, 0.15) is 5.69 Å². The van der Waals surface area contributed by atoms with E-state index in [0.717, 1.165) is 10.9 Å². The molecule has 1 atom stereocenters. The maximum atomic E-state index is 14.0. The fourth-order valence-electron chi connectivity index (χ4n) is 3.16. The van der Waals surface area contributed by atoms with E-state index in [2.05, 4.69) is 4.98 Å².